The van der Waals surface area contributed by atoms with Crippen LogP contribution in [-0.4, -0.2) is 23.6 Å². The number of aromatic nitrogens is 1. The molecule has 6 nitrogen and oxygen atoms in total. The zero-order valence-electron chi connectivity index (χ0n) is 13.8. The first kappa shape index (κ1) is 17.0. The number of non-ortho nitro benzene ring substituents is 1. The Morgan fingerprint density at radius 1 is 1.30 bits per heavy atom. The fourth-order valence-corrected chi connectivity index (χ4v) is 2.56. The number of aryl methyl sites for hydroxylation is 1. The van der Waals surface area contributed by atoms with E-state index >= 15 is 0 Å². The minimum Gasteiger partial charge on any atom is -0.493 e. The van der Waals surface area contributed by atoms with Crippen molar-refractivity contribution in [1.82, 2.24) is 4.98 Å². The summed E-state index contributed by atoms with van der Waals surface area (Å²) in [5.74, 6) is 0.908. The van der Waals surface area contributed by atoms with E-state index < -0.39 is 4.92 Å². The highest BCUT2D eigenvalue weighted by Crippen LogP contribution is 2.41. The van der Waals surface area contributed by atoms with Crippen molar-refractivity contribution in [2.24, 2.45) is 0 Å². The lowest BCUT2D eigenvalue weighted by molar-refractivity contribution is -0.383. The summed E-state index contributed by atoms with van der Waals surface area (Å²) < 4.78 is 11.2. The zero-order chi connectivity index (χ0) is 16.8. The van der Waals surface area contributed by atoms with Crippen LogP contribution in [-0.2, 0) is 0 Å². The number of pyridine rings is 1. The Balaban J connectivity index is 2.45. The predicted octanol–water partition coefficient (Wildman–Crippen LogP) is 4.42. The predicted molar refractivity (Wildman–Crippen MR) is 89.3 cm³/mol. The van der Waals surface area contributed by atoms with Crippen molar-refractivity contribution >= 4 is 16.6 Å². The van der Waals surface area contributed by atoms with Gasteiger partial charge in [-0.25, -0.2) is 4.98 Å². The number of nitro groups is 1. The number of hydrogen-bond donors (Lipinski definition) is 0. The van der Waals surface area contributed by atoms with Gasteiger partial charge in [-0.15, -0.1) is 0 Å². The molecule has 2 aromatic rings. The van der Waals surface area contributed by atoms with Gasteiger partial charge in [0.05, 0.1) is 30.1 Å². The molecule has 0 saturated heterocycles. The third-order valence-electron chi connectivity index (χ3n) is 3.78. The molecule has 1 aromatic carbocycles. The van der Waals surface area contributed by atoms with Crippen molar-refractivity contribution in [1.29, 1.82) is 0 Å². The maximum absolute atomic E-state index is 11.3. The minimum atomic E-state index is -0.442. The van der Waals surface area contributed by atoms with E-state index in [1.54, 1.807) is 6.20 Å². The van der Waals surface area contributed by atoms with Gasteiger partial charge in [0.2, 0.25) is 0 Å². The van der Waals surface area contributed by atoms with Crippen LogP contribution in [0.3, 0.4) is 0 Å². The fraction of sp³-hybridized carbons (Fsp3) is 0.471. The molecule has 0 radical (unpaired) electrons. The van der Waals surface area contributed by atoms with Gasteiger partial charge in [-0.05, 0) is 25.0 Å². The Bertz CT molecular complexity index is 701. The maximum atomic E-state index is 11.3. The fourth-order valence-electron chi connectivity index (χ4n) is 2.56. The van der Waals surface area contributed by atoms with Gasteiger partial charge in [0, 0.05) is 6.20 Å². The summed E-state index contributed by atoms with van der Waals surface area (Å²) in [6.07, 6.45) is 5.94. The molecule has 0 aliphatic carbocycles. The average Bonchev–Trinajstić information content (AvgIpc) is 2.54. The third-order valence-corrected chi connectivity index (χ3v) is 3.78. The quantitative estimate of drug-likeness (QED) is 0.409. The van der Waals surface area contributed by atoms with E-state index in [1.807, 2.05) is 13.0 Å². The van der Waals surface area contributed by atoms with Crippen molar-refractivity contribution in [3.8, 4) is 11.5 Å². The molecule has 0 spiro atoms. The molecule has 0 bridgehead atoms. The largest absolute Gasteiger partial charge is 0.493 e. The average molecular weight is 318 g/mol. The van der Waals surface area contributed by atoms with Crippen LogP contribution in [0, 0.1) is 17.0 Å². The van der Waals surface area contributed by atoms with E-state index in [9.17, 15) is 10.1 Å². The molecule has 0 fully saturated rings. The number of nitrogens with zero attached hydrogens (tertiary/aromatic N) is 2. The topological polar surface area (TPSA) is 74.5 Å². The highest BCUT2D eigenvalue weighted by Gasteiger charge is 2.23. The van der Waals surface area contributed by atoms with E-state index in [-0.39, 0.29) is 5.69 Å². The Hall–Kier alpha value is -2.37. The Kier molecular flexibility index (Phi) is 5.73. The summed E-state index contributed by atoms with van der Waals surface area (Å²) in [6, 6.07) is 3.20. The Morgan fingerprint density at radius 2 is 2.09 bits per heavy atom. The van der Waals surface area contributed by atoms with Crippen LogP contribution >= 0.6 is 0 Å². The van der Waals surface area contributed by atoms with Crippen LogP contribution in [0.4, 0.5) is 5.69 Å². The summed E-state index contributed by atoms with van der Waals surface area (Å²) in [5, 5.41) is 12.0. The Labute approximate surface area is 135 Å². The van der Waals surface area contributed by atoms with Crippen LogP contribution in [0.2, 0.25) is 0 Å². The number of nitro benzene ring substituents is 1. The molecular weight excluding hydrogens is 296 g/mol. The van der Waals surface area contributed by atoms with E-state index in [2.05, 4.69) is 11.9 Å². The lowest BCUT2D eigenvalue weighted by Crippen LogP contribution is -2.03. The van der Waals surface area contributed by atoms with E-state index in [0.717, 1.165) is 24.8 Å². The van der Waals surface area contributed by atoms with Gasteiger partial charge in [-0.1, -0.05) is 26.2 Å². The van der Waals surface area contributed by atoms with Gasteiger partial charge in [-0.3, -0.25) is 10.1 Å². The van der Waals surface area contributed by atoms with Crippen molar-refractivity contribution in [2.75, 3.05) is 13.7 Å². The summed E-state index contributed by atoms with van der Waals surface area (Å²) >= 11 is 0. The van der Waals surface area contributed by atoms with Gasteiger partial charge in [0.25, 0.3) is 5.69 Å². The standard InChI is InChI=1S/C17H22N2O4/c1-4-5-6-7-10-23-17-14(22-3)11-13(19(20)21)16-15(17)12(2)8-9-18-16/h8-9,11H,4-7,10H2,1-3H3. The van der Waals surface area contributed by atoms with Gasteiger partial charge in [-0.2, -0.15) is 0 Å². The van der Waals surface area contributed by atoms with Crippen LogP contribution in [0.1, 0.15) is 38.2 Å². The normalized spacial score (nSPS) is 10.7. The second kappa shape index (κ2) is 7.76. The molecule has 124 valence electrons. The molecule has 0 atom stereocenters. The molecule has 6 heteroatoms. The van der Waals surface area contributed by atoms with Gasteiger partial charge in [0.1, 0.15) is 0 Å². The molecule has 0 aliphatic heterocycles. The SMILES string of the molecule is CCCCCCOc1c(OC)cc([N+](=O)[O-])c2nccc(C)c12. The minimum absolute atomic E-state index is 0.0705. The van der Waals surface area contributed by atoms with Gasteiger partial charge >= 0.3 is 0 Å². The van der Waals surface area contributed by atoms with E-state index in [0.29, 0.717) is 29.0 Å². The van der Waals surface area contributed by atoms with Crippen molar-refractivity contribution in [3.63, 3.8) is 0 Å². The first-order valence-corrected chi connectivity index (χ1v) is 7.83. The molecule has 2 rings (SSSR count). The number of hydrogen-bond acceptors (Lipinski definition) is 5. The van der Waals surface area contributed by atoms with Crippen molar-refractivity contribution < 1.29 is 14.4 Å². The molecule has 1 aromatic heterocycles. The number of fused-ring (bicyclic) bond motifs is 1. The molecule has 1 heterocycles. The van der Waals surface area contributed by atoms with Crippen LogP contribution in [0.5, 0.6) is 11.5 Å². The summed E-state index contributed by atoms with van der Waals surface area (Å²) in [7, 11) is 1.49. The van der Waals surface area contributed by atoms with E-state index in [1.165, 1.54) is 19.6 Å². The number of benzene rings is 1. The van der Waals surface area contributed by atoms with Crippen molar-refractivity contribution in [2.45, 2.75) is 39.5 Å². The van der Waals surface area contributed by atoms with Crippen molar-refractivity contribution in [3.05, 3.63) is 34.0 Å². The van der Waals surface area contributed by atoms with Crippen LogP contribution < -0.4 is 9.47 Å². The number of rotatable bonds is 8. The van der Waals surface area contributed by atoms with Crippen LogP contribution in [0.25, 0.3) is 10.9 Å². The zero-order valence-corrected chi connectivity index (χ0v) is 13.8. The maximum Gasteiger partial charge on any atom is 0.299 e. The number of ether oxygens (including phenoxy) is 2. The number of methoxy groups -OCH3 is 1. The molecular formula is C17H22N2O4. The van der Waals surface area contributed by atoms with Crippen LogP contribution in [0.15, 0.2) is 18.3 Å². The second-order valence-corrected chi connectivity index (χ2v) is 5.44. The summed E-state index contributed by atoms with van der Waals surface area (Å²) in [6.45, 7) is 4.59. The van der Waals surface area contributed by atoms with Gasteiger partial charge < -0.3 is 9.47 Å². The monoisotopic (exact) mass is 318 g/mol. The molecule has 0 N–H and O–H groups in total. The highest BCUT2D eigenvalue weighted by molar-refractivity contribution is 5.96. The first-order valence-electron chi connectivity index (χ1n) is 7.83. The summed E-state index contributed by atoms with van der Waals surface area (Å²) in [4.78, 5) is 15.0. The molecule has 0 saturated carbocycles. The van der Waals surface area contributed by atoms with E-state index in [4.69, 9.17) is 9.47 Å². The number of unbranched alkanes of at least 4 members (excludes halogenated alkanes) is 3. The third kappa shape index (κ3) is 3.70. The lowest BCUT2D eigenvalue weighted by atomic mass is 10.1. The van der Waals surface area contributed by atoms with Gasteiger partial charge in [0.15, 0.2) is 17.0 Å². The Morgan fingerprint density at radius 3 is 2.74 bits per heavy atom. The molecule has 0 amide bonds. The highest BCUT2D eigenvalue weighted by atomic mass is 16.6. The lowest BCUT2D eigenvalue weighted by Gasteiger charge is -2.14. The smallest absolute Gasteiger partial charge is 0.299 e. The summed E-state index contributed by atoms with van der Waals surface area (Å²) in [5.41, 5.74) is 1.14. The molecule has 23 heavy (non-hydrogen) atoms. The first-order chi connectivity index (χ1) is 11.1. The second-order valence-electron chi connectivity index (χ2n) is 5.44. The molecule has 0 unspecified atom stereocenters. The molecule has 0 aliphatic rings.